The van der Waals surface area contributed by atoms with Crippen LogP contribution >= 0.6 is 0 Å². The third-order valence-electron chi connectivity index (χ3n) is 1.20. The van der Waals surface area contributed by atoms with Gasteiger partial charge in [0, 0.05) is 6.07 Å². The highest BCUT2D eigenvalue weighted by atomic mass is 16.6. The Bertz CT molecular complexity index is 415. The van der Waals surface area contributed by atoms with E-state index in [-0.39, 0.29) is 5.56 Å². The molecule has 6 nitrogen and oxygen atoms in total. The fourth-order valence-electron chi connectivity index (χ4n) is 0.698. The van der Waals surface area contributed by atoms with E-state index in [0.29, 0.717) is 0 Å². The number of nitro groups is 1. The minimum atomic E-state index is -0.806. The molecule has 0 unspecified atom stereocenters. The minimum Gasteiger partial charge on any atom is -0.358 e. The molecule has 0 saturated carbocycles. The number of hydrogen-bond donors (Lipinski definition) is 1. The Balaban J connectivity index is 3.44. The van der Waals surface area contributed by atoms with Crippen molar-refractivity contribution in [3.63, 3.8) is 0 Å². The highest BCUT2D eigenvalue weighted by molar-refractivity contribution is 5.41. The number of aromatic amines is 1. The zero-order valence-electron chi connectivity index (χ0n) is 5.77. The van der Waals surface area contributed by atoms with Crippen molar-refractivity contribution in [1.29, 1.82) is 5.26 Å². The molecular weight excluding hydrogens is 162 g/mol. The summed E-state index contributed by atoms with van der Waals surface area (Å²) in [6.07, 6.45) is 0. The number of nitriles is 1. The lowest BCUT2D eigenvalue weighted by molar-refractivity contribution is -0.390. The lowest BCUT2D eigenvalue weighted by Crippen LogP contribution is -2.08. The molecule has 0 saturated heterocycles. The molecule has 0 aliphatic carbocycles. The maximum absolute atomic E-state index is 10.6. The second kappa shape index (κ2) is 2.84. The summed E-state index contributed by atoms with van der Waals surface area (Å²) in [5.74, 6) is -0.565. The van der Waals surface area contributed by atoms with Crippen LogP contribution in [0.1, 0.15) is 5.56 Å². The zero-order chi connectivity index (χ0) is 9.14. The molecule has 6 heteroatoms. The molecular formula is C6H3N3O3. The van der Waals surface area contributed by atoms with Crippen molar-refractivity contribution in [2.75, 3.05) is 0 Å². The molecule has 1 aromatic rings. The van der Waals surface area contributed by atoms with Gasteiger partial charge in [-0.25, -0.2) is 9.78 Å². The van der Waals surface area contributed by atoms with E-state index in [1.807, 2.05) is 4.98 Å². The van der Waals surface area contributed by atoms with E-state index in [4.69, 9.17) is 5.26 Å². The number of hydrogen-bond acceptors (Lipinski definition) is 4. The molecule has 0 aromatic carbocycles. The molecule has 0 amide bonds. The van der Waals surface area contributed by atoms with E-state index in [1.165, 1.54) is 0 Å². The molecule has 0 fully saturated rings. The van der Waals surface area contributed by atoms with Gasteiger partial charge in [0.1, 0.15) is 11.6 Å². The number of nitrogens with one attached hydrogen (secondary N) is 1. The van der Waals surface area contributed by atoms with Crippen LogP contribution in [0, 0.1) is 21.4 Å². The van der Waals surface area contributed by atoms with Crippen molar-refractivity contribution in [2.24, 2.45) is 0 Å². The number of rotatable bonds is 1. The molecule has 0 aliphatic heterocycles. The Morgan fingerprint density at radius 1 is 1.58 bits per heavy atom. The summed E-state index contributed by atoms with van der Waals surface area (Å²) >= 11 is 0. The molecule has 0 atom stereocenters. The average molecular weight is 165 g/mol. The fourth-order valence-corrected chi connectivity index (χ4v) is 0.698. The average Bonchev–Trinajstić information content (AvgIpc) is 2.04. The van der Waals surface area contributed by atoms with Gasteiger partial charge in [-0.1, -0.05) is 0 Å². The molecule has 0 radical (unpaired) electrons. The normalized spacial score (nSPS) is 8.92. The summed E-state index contributed by atoms with van der Waals surface area (Å²) in [6.45, 7) is 0. The second-order valence-electron chi connectivity index (χ2n) is 1.95. The number of pyridine rings is 1. The van der Waals surface area contributed by atoms with Gasteiger partial charge in [0.25, 0.3) is 0 Å². The third-order valence-corrected chi connectivity index (χ3v) is 1.20. The number of nitrogens with zero attached hydrogens (tertiary/aromatic N) is 2. The monoisotopic (exact) mass is 165 g/mol. The minimum absolute atomic E-state index is 0.153. The van der Waals surface area contributed by atoms with Crippen LogP contribution in [-0.4, -0.2) is 9.91 Å². The summed E-state index contributed by atoms with van der Waals surface area (Å²) in [6, 6.07) is 3.76. The molecule has 1 heterocycles. The van der Waals surface area contributed by atoms with E-state index in [1.54, 1.807) is 6.07 Å². The highest BCUT2D eigenvalue weighted by Crippen LogP contribution is 2.09. The Kier molecular flexibility index (Phi) is 1.88. The molecule has 1 aromatic heterocycles. The van der Waals surface area contributed by atoms with Gasteiger partial charge in [-0.2, -0.15) is 5.26 Å². The van der Waals surface area contributed by atoms with Crippen LogP contribution in [0.25, 0.3) is 0 Å². The van der Waals surface area contributed by atoms with Crippen molar-refractivity contribution in [2.45, 2.75) is 0 Å². The summed E-state index contributed by atoms with van der Waals surface area (Å²) < 4.78 is 0. The van der Waals surface area contributed by atoms with Gasteiger partial charge >= 0.3 is 11.4 Å². The van der Waals surface area contributed by atoms with Crippen molar-refractivity contribution >= 4 is 5.82 Å². The maximum atomic E-state index is 10.6. The van der Waals surface area contributed by atoms with Gasteiger partial charge in [-0.05, 0) is 11.0 Å². The van der Waals surface area contributed by atoms with E-state index in [9.17, 15) is 14.9 Å². The van der Waals surface area contributed by atoms with Crippen molar-refractivity contribution < 1.29 is 4.92 Å². The van der Waals surface area contributed by atoms with Gasteiger partial charge in [0.05, 0.1) is 0 Å². The fraction of sp³-hybridized carbons (Fsp3) is 0. The van der Waals surface area contributed by atoms with Gasteiger partial charge in [0.2, 0.25) is 0 Å². The molecule has 60 valence electrons. The SMILES string of the molecule is N#Cc1ccc(=O)[nH]c1[N+](=O)[O-]. The molecule has 12 heavy (non-hydrogen) atoms. The van der Waals surface area contributed by atoms with Crippen LogP contribution in [0.3, 0.4) is 0 Å². The van der Waals surface area contributed by atoms with Crippen molar-refractivity contribution in [3.05, 3.63) is 38.2 Å². The molecule has 1 rings (SSSR count). The predicted octanol–water partition coefficient (Wildman–Crippen LogP) is 0.155. The van der Waals surface area contributed by atoms with Crippen LogP contribution < -0.4 is 5.56 Å². The molecule has 0 bridgehead atoms. The quantitative estimate of drug-likeness (QED) is 0.472. The van der Waals surface area contributed by atoms with Gasteiger partial charge < -0.3 is 10.1 Å². The highest BCUT2D eigenvalue weighted by Gasteiger charge is 2.11. The van der Waals surface area contributed by atoms with E-state index in [2.05, 4.69) is 0 Å². The summed E-state index contributed by atoms with van der Waals surface area (Å²) in [5.41, 5.74) is -0.750. The summed E-state index contributed by atoms with van der Waals surface area (Å²) in [4.78, 5) is 22.0. The maximum Gasteiger partial charge on any atom is 0.341 e. The lowest BCUT2D eigenvalue weighted by atomic mass is 10.3. The predicted molar refractivity (Wildman–Crippen MR) is 38.4 cm³/mol. The molecule has 0 spiro atoms. The first-order valence-electron chi connectivity index (χ1n) is 2.93. The van der Waals surface area contributed by atoms with Gasteiger partial charge in [0.15, 0.2) is 0 Å². The lowest BCUT2D eigenvalue weighted by Gasteiger charge is -1.93. The Morgan fingerprint density at radius 3 is 2.75 bits per heavy atom. The number of H-pyrrole nitrogens is 1. The first-order chi connectivity index (χ1) is 5.65. The van der Waals surface area contributed by atoms with E-state index < -0.39 is 16.3 Å². The first-order valence-corrected chi connectivity index (χ1v) is 2.93. The first kappa shape index (κ1) is 7.94. The third kappa shape index (κ3) is 1.29. The summed E-state index contributed by atoms with van der Waals surface area (Å²) in [7, 11) is 0. The largest absolute Gasteiger partial charge is 0.358 e. The van der Waals surface area contributed by atoms with Crippen LogP contribution in [0.4, 0.5) is 5.82 Å². The number of aromatic nitrogens is 1. The molecule has 1 N–H and O–H groups in total. The Morgan fingerprint density at radius 2 is 2.25 bits per heavy atom. The Labute approximate surface area is 66.2 Å². The Hall–Kier alpha value is -2.16. The van der Waals surface area contributed by atoms with Crippen LogP contribution in [-0.2, 0) is 0 Å². The smallest absolute Gasteiger partial charge is 0.341 e. The van der Waals surface area contributed by atoms with Crippen LogP contribution in [0.15, 0.2) is 16.9 Å². The van der Waals surface area contributed by atoms with E-state index in [0.717, 1.165) is 12.1 Å². The summed E-state index contributed by atoms with van der Waals surface area (Å²) in [5, 5.41) is 18.6. The van der Waals surface area contributed by atoms with Gasteiger partial charge in [-0.3, -0.25) is 0 Å². The molecule has 0 aliphatic rings. The van der Waals surface area contributed by atoms with Crippen LogP contribution in [0.5, 0.6) is 0 Å². The standard InChI is InChI=1S/C6H3N3O3/c7-3-4-1-2-5(10)8-6(4)9(11)12/h1-2H,(H,8,10). The topological polar surface area (TPSA) is 99.8 Å². The van der Waals surface area contributed by atoms with Gasteiger partial charge in [-0.15, -0.1) is 0 Å². The zero-order valence-corrected chi connectivity index (χ0v) is 5.77. The van der Waals surface area contributed by atoms with Crippen molar-refractivity contribution in [1.82, 2.24) is 4.98 Å². The second-order valence-corrected chi connectivity index (χ2v) is 1.95. The van der Waals surface area contributed by atoms with Crippen molar-refractivity contribution in [3.8, 4) is 6.07 Å². The van der Waals surface area contributed by atoms with Crippen LogP contribution in [0.2, 0.25) is 0 Å². The van der Waals surface area contributed by atoms with E-state index >= 15 is 0 Å².